The first kappa shape index (κ1) is 41.1. The number of carbonyl (C=O) groups is 2. The summed E-state index contributed by atoms with van der Waals surface area (Å²) in [7, 11) is -1.79. The molecule has 2 amide bonds. The van der Waals surface area contributed by atoms with E-state index in [4.69, 9.17) is 50.1 Å². The number of rotatable bonds is 13. The van der Waals surface area contributed by atoms with E-state index in [1.807, 2.05) is 47.9 Å². The number of ether oxygens (including phenoxy) is 1. The van der Waals surface area contributed by atoms with Gasteiger partial charge in [-0.25, -0.2) is 13.9 Å². The van der Waals surface area contributed by atoms with Gasteiger partial charge in [-0.2, -0.15) is 0 Å². The van der Waals surface area contributed by atoms with Crippen LogP contribution in [-0.2, 0) is 27.2 Å². The number of benzene rings is 2. The number of fused-ring (bicyclic) bond motifs is 1. The lowest BCUT2D eigenvalue weighted by atomic mass is 9.94. The van der Waals surface area contributed by atoms with Gasteiger partial charge < -0.3 is 31.7 Å². The number of nitrogens with two attached hydrogens (primary N) is 3. The second kappa shape index (κ2) is 18.2. The Morgan fingerprint density at radius 3 is 2.44 bits per heavy atom. The summed E-state index contributed by atoms with van der Waals surface area (Å²) >= 11 is 13.5. The van der Waals surface area contributed by atoms with Crippen molar-refractivity contribution in [2.45, 2.75) is 94.3 Å². The van der Waals surface area contributed by atoms with Crippen LogP contribution in [0.5, 0.6) is 5.75 Å². The molecule has 3 fully saturated rings. The maximum absolute atomic E-state index is 14.3. The Labute approximate surface area is 335 Å². The normalized spacial score (nSPS) is 19.0. The van der Waals surface area contributed by atoms with E-state index in [2.05, 4.69) is 14.6 Å². The van der Waals surface area contributed by atoms with Crippen LogP contribution in [0.15, 0.2) is 46.3 Å². The van der Waals surface area contributed by atoms with Crippen molar-refractivity contribution in [2.75, 3.05) is 45.8 Å². The summed E-state index contributed by atoms with van der Waals surface area (Å²) in [5.74, 6) is 0.592. The number of hydrogen-bond donors (Lipinski definition) is 4. The van der Waals surface area contributed by atoms with Crippen molar-refractivity contribution < 1.29 is 18.5 Å². The van der Waals surface area contributed by atoms with Crippen molar-refractivity contribution in [3.05, 3.63) is 63.3 Å². The lowest BCUT2D eigenvalue weighted by molar-refractivity contribution is -0.140. The van der Waals surface area contributed by atoms with E-state index in [-0.39, 0.29) is 29.4 Å². The van der Waals surface area contributed by atoms with Crippen molar-refractivity contribution in [3.63, 3.8) is 0 Å². The number of piperazine rings is 1. The summed E-state index contributed by atoms with van der Waals surface area (Å²) in [5, 5.41) is 1.64. The van der Waals surface area contributed by atoms with Crippen LogP contribution in [0.4, 0.5) is 0 Å². The van der Waals surface area contributed by atoms with Crippen LogP contribution in [0, 0.1) is 13.8 Å². The Balaban J connectivity index is 1.04. The summed E-state index contributed by atoms with van der Waals surface area (Å²) in [5.41, 5.74) is 19.2. The number of carbonyl (C=O) groups excluding carboxylic acids is 2. The highest BCUT2D eigenvalue weighted by atomic mass is 35.5. The van der Waals surface area contributed by atoms with E-state index >= 15 is 0 Å². The highest BCUT2D eigenvalue weighted by Gasteiger charge is 2.46. The number of halogens is 2. The average Bonchev–Trinajstić information content (AvgIpc) is 3.65. The molecule has 1 aliphatic carbocycles. The first-order chi connectivity index (χ1) is 26.4. The minimum atomic E-state index is -1.79. The van der Waals surface area contributed by atoms with E-state index < -0.39 is 22.6 Å². The number of nitrogens with zero attached hydrogens (tertiary/aromatic N) is 5. The molecule has 0 spiro atoms. The van der Waals surface area contributed by atoms with Gasteiger partial charge in [0.15, 0.2) is 5.96 Å². The molecule has 2 aromatic carbocycles. The molecule has 2 aliphatic heterocycles. The van der Waals surface area contributed by atoms with E-state index in [1.54, 1.807) is 12.1 Å². The van der Waals surface area contributed by atoms with Crippen LogP contribution >= 0.6 is 23.2 Å². The van der Waals surface area contributed by atoms with Gasteiger partial charge in [-0.05, 0) is 82.2 Å². The zero-order valence-electron chi connectivity index (χ0n) is 31.7. The molecule has 1 saturated carbocycles. The van der Waals surface area contributed by atoms with Crippen molar-refractivity contribution in [3.8, 4) is 5.75 Å². The topological polar surface area (TPSA) is 186 Å². The molecule has 0 radical (unpaired) electrons. The Hall–Kier alpha value is -3.53. The Morgan fingerprint density at radius 1 is 1.04 bits per heavy atom. The summed E-state index contributed by atoms with van der Waals surface area (Å²) in [4.78, 5) is 42.4. The third kappa shape index (κ3) is 9.54. The molecule has 3 heterocycles. The first-order valence-electron chi connectivity index (χ1n) is 19.2. The van der Waals surface area contributed by atoms with Gasteiger partial charge in [-0.15, -0.1) is 0 Å². The summed E-state index contributed by atoms with van der Waals surface area (Å²) < 4.78 is 23.5. The molecule has 0 bridgehead atoms. The van der Waals surface area contributed by atoms with E-state index in [1.165, 1.54) is 0 Å². The quantitative estimate of drug-likeness (QED) is 0.112. The van der Waals surface area contributed by atoms with Gasteiger partial charge in [0, 0.05) is 73.5 Å². The second-order valence-corrected chi connectivity index (χ2v) is 16.9. The van der Waals surface area contributed by atoms with E-state index in [0.717, 1.165) is 60.9 Å². The number of guanidine groups is 1. The maximum Gasteiger partial charge on any atom is 0.243 e. The number of aliphatic imine (C=N–C) groups is 1. The minimum absolute atomic E-state index is 0.0104. The molecule has 1 unspecified atom stereocenters. The molecule has 2 saturated heterocycles. The standard InChI is InChI=1S/C39H53Cl2N9O4S/c1-25-23-26(2)46-35-28(25)7-5-9-32(35)54-24-29-30(40)10-11-33(34(29)41)55(53)47-39(14-3-4-15-39)37(52)50-17-12-27(13-18-50)48-19-21-49(22-20-48)36(51)31(42)8-6-16-45-38(43)44/h5,7,9-11,23,27,31,47H,3-4,6,8,12-22,24,42H2,1-2H3,(H4,43,44,45)/t31-,55?/m0/s1. The van der Waals surface area contributed by atoms with Crippen molar-refractivity contribution in [1.82, 2.24) is 24.4 Å². The highest BCUT2D eigenvalue weighted by Crippen LogP contribution is 2.37. The summed E-state index contributed by atoms with van der Waals surface area (Å²) in [6.07, 6.45) is 5.75. The van der Waals surface area contributed by atoms with Gasteiger partial charge in [0.25, 0.3) is 0 Å². The Morgan fingerprint density at radius 2 is 1.75 bits per heavy atom. The Bertz CT molecular complexity index is 1920. The largest absolute Gasteiger partial charge is 0.487 e. The molecular weight excluding hydrogens is 761 g/mol. The number of aromatic nitrogens is 1. The number of piperidine rings is 1. The molecular formula is C39H53Cl2N9O4S. The SMILES string of the molecule is Cc1cc(C)c2cccc(OCc3c(Cl)ccc(S(=O)NC4(C(=O)N5CCC(N6CCN(C(=O)[C@@H](N)CCCN=C(N)N)CC6)CC5)CCCC4)c3Cl)c2n1. The average molecular weight is 815 g/mol. The van der Waals surface area contributed by atoms with Crippen LogP contribution in [0.1, 0.15) is 68.2 Å². The van der Waals surface area contributed by atoms with Gasteiger partial charge in [0.2, 0.25) is 11.8 Å². The van der Waals surface area contributed by atoms with Gasteiger partial charge in [-0.1, -0.05) is 48.2 Å². The maximum atomic E-state index is 14.3. The lowest BCUT2D eigenvalue weighted by Crippen LogP contribution is -2.60. The van der Waals surface area contributed by atoms with Crippen LogP contribution in [0.3, 0.4) is 0 Å². The molecule has 2 atom stereocenters. The van der Waals surface area contributed by atoms with E-state index in [0.29, 0.717) is 85.7 Å². The molecule has 7 N–H and O–H groups in total. The number of pyridine rings is 1. The molecule has 55 heavy (non-hydrogen) atoms. The van der Waals surface area contributed by atoms with Crippen molar-refractivity contribution >= 4 is 62.9 Å². The predicted molar refractivity (Wildman–Crippen MR) is 218 cm³/mol. The van der Waals surface area contributed by atoms with Crippen LogP contribution in [0.2, 0.25) is 10.0 Å². The highest BCUT2D eigenvalue weighted by molar-refractivity contribution is 7.83. The number of aryl methyl sites for hydroxylation is 2. The zero-order chi connectivity index (χ0) is 39.3. The lowest BCUT2D eigenvalue weighted by Gasteiger charge is -2.44. The monoisotopic (exact) mass is 813 g/mol. The van der Waals surface area contributed by atoms with Gasteiger partial charge >= 0.3 is 0 Å². The molecule has 13 nitrogen and oxygen atoms in total. The number of para-hydroxylation sites is 1. The zero-order valence-corrected chi connectivity index (χ0v) is 34.0. The predicted octanol–water partition coefficient (Wildman–Crippen LogP) is 4.18. The fraction of sp³-hybridized carbons (Fsp3) is 0.538. The summed E-state index contributed by atoms with van der Waals surface area (Å²) in [6.45, 7) is 8.50. The summed E-state index contributed by atoms with van der Waals surface area (Å²) in [6, 6.07) is 10.9. The third-order valence-electron chi connectivity index (χ3n) is 11.2. The van der Waals surface area contributed by atoms with Gasteiger partial charge in [0.1, 0.15) is 34.4 Å². The van der Waals surface area contributed by atoms with E-state index in [9.17, 15) is 13.8 Å². The van der Waals surface area contributed by atoms with Crippen LogP contribution < -0.4 is 26.7 Å². The number of amides is 2. The fourth-order valence-electron chi connectivity index (χ4n) is 8.17. The number of hydrogen-bond acceptors (Lipinski definition) is 8. The smallest absolute Gasteiger partial charge is 0.243 e. The molecule has 6 rings (SSSR count). The number of nitrogens with one attached hydrogen (secondary N) is 1. The molecule has 3 aliphatic rings. The third-order valence-corrected chi connectivity index (χ3v) is 13.4. The minimum Gasteiger partial charge on any atom is -0.487 e. The van der Waals surface area contributed by atoms with Gasteiger partial charge in [-0.3, -0.25) is 19.5 Å². The van der Waals surface area contributed by atoms with Crippen LogP contribution in [0.25, 0.3) is 10.9 Å². The second-order valence-electron chi connectivity index (χ2n) is 15.0. The molecule has 16 heteroatoms. The Kier molecular flexibility index (Phi) is 13.6. The van der Waals surface area contributed by atoms with Crippen molar-refractivity contribution in [1.29, 1.82) is 0 Å². The molecule has 298 valence electrons. The fourth-order valence-corrected chi connectivity index (χ4v) is 10.1. The van der Waals surface area contributed by atoms with Crippen molar-refractivity contribution in [2.24, 2.45) is 22.2 Å². The first-order valence-corrected chi connectivity index (χ1v) is 21.1. The number of likely N-dealkylation sites (tertiary alicyclic amines) is 1. The molecule has 1 aromatic heterocycles. The molecule has 3 aromatic rings. The van der Waals surface area contributed by atoms with Crippen LogP contribution in [-0.4, -0.2) is 105 Å². The van der Waals surface area contributed by atoms with Gasteiger partial charge in [0.05, 0.1) is 16.0 Å².